The van der Waals surface area contributed by atoms with Gasteiger partial charge in [0.2, 0.25) is 0 Å². The first-order valence-corrected chi connectivity index (χ1v) is 5.28. The Kier molecular flexibility index (Phi) is 4.83. The molecule has 90 valence electrons. The minimum atomic E-state index is -2.43. The average molecular weight is 229 g/mol. The number of ether oxygens (including phenoxy) is 1. The zero-order chi connectivity index (χ0) is 12.1. The van der Waals surface area contributed by atoms with Crippen LogP contribution in [0.3, 0.4) is 0 Å². The molecule has 0 heterocycles. The van der Waals surface area contributed by atoms with E-state index in [2.05, 4.69) is 0 Å². The molecule has 1 unspecified atom stereocenters. The van der Waals surface area contributed by atoms with Crippen molar-refractivity contribution >= 4 is 0 Å². The van der Waals surface area contributed by atoms with Gasteiger partial charge in [0, 0.05) is 12.1 Å². The number of benzene rings is 1. The van der Waals surface area contributed by atoms with Crippen molar-refractivity contribution < 1.29 is 13.5 Å². The first-order valence-electron chi connectivity index (χ1n) is 5.28. The monoisotopic (exact) mass is 229 g/mol. The van der Waals surface area contributed by atoms with Gasteiger partial charge in [-0.3, -0.25) is 0 Å². The highest BCUT2D eigenvalue weighted by Crippen LogP contribution is 2.23. The molecular weight excluding hydrogens is 212 g/mol. The molecule has 1 atom stereocenters. The van der Waals surface area contributed by atoms with Gasteiger partial charge in [0.05, 0.1) is 12.2 Å². The second-order valence-corrected chi connectivity index (χ2v) is 3.88. The highest BCUT2D eigenvalue weighted by Gasteiger charge is 2.13. The van der Waals surface area contributed by atoms with Crippen LogP contribution in [0.2, 0.25) is 0 Å². The molecule has 0 aliphatic rings. The van der Waals surface area contributed by atoms with Gasteiger partial charge in [-0.05, 0) is 19.4 Å². The lowest BCUT2D eigenvalue weighted by Crippen LogP contribution is -2.19. The fourth-order valence-electron chi connectivity index (χ4n) is 1.45. The van der Waals surface area contributed by atoms with Crippen molar-refractivity contribution in [1.29, 1.82) is 0 Å². The Balaban J connectivity index is 2.78. The Morgan fingerprint density at radius 1 is 1.12 bits per heavy atom. The van der Waals surface area contributed by atoms with E-state index in [1.165, 1.54) is 12.1 Å². The van der Waals surface area contributed by atoms with E-state index in [1.54, 1.807) is 12.1 Å². The van der Waals surface area contributed by atoms with Crippen molar-refractivity contribution in [2.75, 3.05) is 6.54 Å². The number of hydrogen-bond donors (Lipinski definition) is 1. The lowest BCUT2D eigenvalue weighted by Gasteiger charge is -2.19. The zero-order valence-electron chi connectivity index (χ0n) is 9.49. The molecule has 0 amide bonds. The average Bonchev–Trinajstić information content (AvgIpc) is 2.25. The van der Waals surface area contributed by atoms with Gasteiger partial charge in [-0.2, -0.15) is 0 Å². The molecule has 1 rings (SSSR count). The smallest absolute Gasteiger partial charge is 0.263 e. The molecule has 16 heavy (non-hydrogen) atoms. The number of alkyl halides is 2. The fourth-order valence-corrected chi connectivity index (χ4v) is 1.45. The largest absolute Gasteiger partial charge is 0.370 e. The van der Waals surface area contributed by atoms with Gasteiger partial charge in [0.1, 0.15) is 0 Å². The Labute approximate surface area is 94.4 Å². The van der Waals surface area contributed by atoms with E-state index in [0.717, 1.165) is 5.56 Å². The SMILES string of the molecule is CC(C)OC(CN)c1ccc(C(F)F)cc1. The summed E-state index contributed by atoms with van der Waals surface area (Å²) in [4.78, 5) is 0. The molecule has 2 nitrogen and oxygen atoms in total. The zero-order valence-corrected chi connectivity index (χ0v) is 9.49. The van der Waals surface area contributed by atoms with E-state index in [4.69, 9.17) is 10.5 Å². The molecule has 0 saturated heterocycles. The fraction of sp³-hybridized carbons (Fsp3) is 0.500. The van der Waals surface area contributed by atoms with Gasteiger partial charge in [0.15, 0.2) is 0 Å². The maximum atomic E-state index is 12.3. The summed E-state index contributed by atoms with van der Waals surface area (Å²) in [6.07, 6.45) is -2.61. The van der Waals surface area contributed by atoms with Crippen LogP contribution in [0.15, 0.2) is 24.3 Å². The normalized spacial score (nSPS) is 13.4. The molecule has 0 aromatic heterocycles. The molecule has 0 aliphatic carbocycles. The lowest BCUT2D eigenvalue weighted by atomic mass is 10.1. The molecule has 1 aromatic rings. The van der Waals surface area contributed by atoms with E-state index in [1.807, 2.05) is 13.8 Å². The summed E-state index contributed by atoms with van der Waals surface area (Å²) >= 11 is 0. The Morgan fingerprint density at radius 3 is 2.00 bits per heavy atom. The standard InChI is InChI=1S/C12H17F2NO/c1-8(2)16-11(7-15)9-3-5-10(6-4-9)12(13)14/h3-6,8,11-12H,7,15H2,1-2H3. The molecule has 0 bridgehead atoms. The third-order valence-electron chi connectivity index (χ3n) is 2.21. The third kappa shape index (κ3) is 3.54. The maximum Gasteiger partial charge on any atom is 0.263 e. The van der Waals surface area contributed by atoms with Crippen LogP contribution in [0, 0.1) is 0 Å². The van der Waals surface area contributed by atoms with Crippen molar-refractivity contribution in [1.82, 2.24) is 0 Å². The van der Waals surface area contributed by atoms with Crippen LogP contribution in [0.1, 0.15) is 37.5 Å². The topological polar surface area (TPSA) is 35.2 Å². The van der Waals surface area contributed by atoms with E-state index >= 15 is 0 Å². The van der Waals surface area contributed by atoms with Crippen molar-refractivity contribution in [3.63, 3.8) is 0 Å². The molecule has 1 aromatic carbocycles. The highest BCUT2D eigenvalue weighted by atomic mass is 19.3. The summed E-state index contributed by atoms with van der Waals surface area (Å²) < 4.78 is 30.2. The third-order valence-corrected chi connectivity index (χ3v) is 2.21. The van der Waals surface area contributed by atoms with E-state index in [-0.39, 0.29) is 17.8 Å². The summed E-state index contributed by atoms with van der Waals surface area (Å²) in [5.41, 5.74) is 6.43. The van der Waals surface area contributed by atoms with Gasteiger partial charge in [-0.25, -0.2) is 8.78 Å². The molecule has 0 aliphatic heterocycles. The quantitative estimate of drug-likeness (QED) is 0.842. The summed E-state index contributed by atoms with van der Waals surface area (Å²) in [5.74, 6) is 0. The van der Waals surface area contributed by atoms with Gasteiger partial charge < -0.3 is 10.5 Å². The molecule has 4 heteroatoms. The Bertz CT molecular complexity index is 311. The molecule has 2 N–H and O–H groups in total. The van der Waals surface area contributed by atoms with Crippen LogP contribution in [0.4, 0.5) is 8.78 Å². The number of halogens is 2. The first-order chi connectivity index (χ1) is 7.54. The van der Waals surface area contributed by atoms with Crippen LogP contribution in [0.5, 0.6) is 0 Å². The first kappa shape index (κ1) is 13.1. The predicted molar refractivity (Wildman–Crippen MR) is 59.4 cm³/mol. The minimum absolute atomic E-state index is 0.0177. The van der Waals surface area contributed by atoms with E-state index < -0.39 is 6.43 Å². The predicted octanol–water partition coefficient (Wildman–Crippen LogP) is 3.05. The van der Waals surface area contributed by atoms with Crippen molar-refractivity contribution in [2.45, 2.75) is 32.5 Å². The second kappa shape index (κ2) is 5.92. The lowest BCUT2D eigenvalue weighted by molar-refractivity contribution is 0.0119. The highest BCUT2D eigenvalue weighted by molar-refractivity contribution is 5.25. The van der Waals surface area contributed by atoms with E-state index in [9.17, 15) is 8.78 Å². The van der Waals surface area contributed by atoms with Crippen LogP contribution < -0.4 is 5.73 Å². The van der Waals surface area contributed by atoms with E-state index in [0.29, 0.717) is 6.54 Å². The maximum absolute atomic E-state index is 12.3. The van der Waals surface area contributed by atoms with Gasteiger partial charge in [0.25, 0.3) is 6.43 Å². The van der Waals surface area contributed by atoms with Crippen molar-refractivity contribution in [2.24, 2.45) is 5.73 Å². The summed E-state index contributed by atoms with van der Waals surface area (Å²) in [6, 6.07) is 6.10. The van der Waals surface area contributed by atoms with Crippen LogP contribution in [0.25, 0.3) is 0 Å². The van der Waals surface area contributed by atoms with Crippen LogP contribution >= 0.6 is 0 Å². The minimum Gasteiger partial charge on any atom is -0.370 e. The molecular formula is C12H17F2NO. The molecule has 0 saturated carbocycles. The second-order valence-electron chi connectivity index (χ2n) is 3.88. The molecule has 0 spiro atoms. The summed E-state index contributed by atoms with van der Waals surface area (Å²) in [5, 5.41) is 0. The Hall–Kier alpha value is -1.00. The van der Waals surface area contributed by atoms with Gasteiger partial charge in [-0.15, -0.1) is 0 Å². The number of hydrogen-bond acceptors (Lipinski definition) is 2. The molecule has 0 fully saturated rings. The summed E-state index contributed by atoms with van der Waals surface area (Å²) in [7, 11) is 0. The Morgan fingerprint density at radius 2 is 1.62 bits per heavy atom. The van der Waals surface area contributed by atoms with Gasteiger partial charge >= 0.3 is 0 Å². The van der Waals surface area contributed by atoms with Crippen molar-refractivity contribution in [3.8, 4) is 0 Å². The van der Waals surface area contributed by atoms with Gasteiger partial charge in [-0.1, -0.05) is 24.3 Å². The van der Waals surface area contributed by atoms with Crippen LogP contribution in [-0.2, 0) is 4.74 Å². The molecule has 0 radical (unpaired) electrons. The van der Waals surface area contributed by atoms with Crippen molar-refractivity contribution in [3.05, 3.63) is 35.4 Å². The number of rotatable bonds is 5. The summed E-state index contributed by atoms with van der Waals surface area (Å²) in [6.45, 7) is 4.17. The number of nitrogens with two attached hydrogens (primary N) is 1. The van der Waals surface area contributed by atoms with Crippen LogP contribution in [-0.4, -0.2) is 12.6 Å².